The quantitative estimate of drug-likeness (QED) is 0.710. The third kappa shape index (κ3) is 3.48. The fraction of sp³-hybridized carbons (Fsp3) is 0.316. The Bertz CT molecular complexity index is 869. The third-order valence-electron chi connectivity index (χ3n) is 4.52. The van der Waals surface area contributed by atoms with Gasteiger partial charge in [0, 0.05) is 24.8 Å². The van der Waals surface area contributed by atoms with Gasteiger partial charge >= 0.3 is 0 Å². The zero-order valence-corrected chi connectivity index (χ0v) is 14.5. The molecule has 0 amide bonds. The normalized spacial score (nSPS) is 15.1. The summed E-state index contributed by atoms with van der Waals surface area (Å²) in [4.78, 5) is 6.82. The van der Waals surface area contributed by atoms with E-state index < -0.39 is 5.82 Å². The molecule has 1 N–H and O–H groups in total. The molecule has 4 rings (SSSR count). The fourth-order valence-corrected chi connectivity index (χ4v) is 3.45. The van der Waals surface area contributed by atoms with Gasteiger partial charge in [-0.25, -0.2) is 9.37 Å². The summed E-state index contributed by atoms with van der Waals surface area (Å²) < 4.78 is 19.8. The van der Waals surface area contributed by atoms with Crippen molar-refractivity contribution < 1.29 is 8.81 Å². The molecule has 0 saturated carbocycles. The molecule has 130 valence electrons. The molecule has 1 saturated heterocycles. The van der Waals surface area contributed by atoms with Crippen molar-refractivity contribution in [1.82, 2.24) is 9.88 Å². The van der Waals surface area contributed by atoms with E-state index in [0.29, 0.717) is 11.1 Å². The van der Waals surface area contributed by atoms with Crippen LogP contribution in [0.1, 0.15) is 12.8 Å². The molecule has 0 bridgehead atoms. The van der Waals surface area contributed by atoms with Gasteiger partial charge in [0.15, 0.2) is 5.58 Å². The van der Waals surface area contributed by atoms with Crippen LogP contribution in [0.4, 0.5) is 10.1 Å². The van der Waals surface area contributed by atoms with Gasteiger partial charge in [-0.05, 0) is 50.2 Å². The average molecular weight is 360 g/mol. The van der Waals surface area contributed by atoms with Crippen LogP contribution in [0, 0.1) is 5.82 Å². The summed E-state index contributed by atoms with van der Waals surface area (Å²) in [5, 5.41) is 3.69. The molecule has 1 fully saturated rings. The SMILES string of the molecule is Fc1cccc(Cl)c1-c1nc2ccc(NCCN3CCCC3)cc2o1. The van der Waals surface area contributed by atoms with Gasteiger partial charge in [-0.3, -0.25) is 0 Å². The monoisotopic (exact) mass is 359 g/mol. The van der Waals surface area contributed by atoms with Gasteiger partial charge in [0.2, 0.25) is 5.89 Å². The summed E-state index contributed by atoms with van der Waals surface area (Å²) in [7, 11) is 0. The smallest absolute Gasteiger partial charge is 0.231 e. The largest absolute Gasteiger partial charge is 0.436 e. The van der Waals surface area contributed by atoms with Crippen LogP contribution < -0.4 is 5.32 Å². The van der Waals surface area contributed by atoms with Crippen LogP contribution in [0.3, 0.4) is 0 Å². The minimum absolute atomic E-state index is 0.198. The fourth-order valence-electron chi connectivity index (χ4n) is 3.21. The molecule has 3 aromatic rings. The Labute approximate surface area is 150 Å². The van der Waals surface area contributed by atoms with E-state index in [1.54, 1.807) is 12.1 Å². The highest BCUT2D eigenvalue weighted by Crippen LogP contribution is 2.32. The van der Waals surface area contributed by atoms with Gasteiger partial charge in [-0.2, -0.15) is 0 Å². The first-order valence-corrected chi connectivity index (χ1v) is 8.90. The van der Waals surface area contributed by atoms with Gasteiger partial charge in [0.05, 0.1) is 10.6 Å². The number of likely N-dealkylation sites (tertiary alicyclic amines) is 1. The van der Waals surface area contributed by atoms with Crippen molar-refractivity contribution in [2.45, 2.75) is 12.8 Å². The molecule has 6 heteroatoms. The first-order chi connectivity index (χ1) is 12.2. The Morgan fingerprint density at radius 3 is 2.84 bits per heavy atom. The van der Waals surface area contributed by atoms with Crippen LogP contribution in [0.2, 0.25) is 5.02 Å². The summed E-state index contributed by atoms with van der Waals surface area (Å²) >= 11 is 6.10. The van der Waals surface area contributed by atoms with E-state index in [1.807, 2.05) is 18.2 Å². The van der Waals surface area contributed by atoms with Gasteiger partial charge in [0.1, 0.15) is 11.3 Å². The Morgan fingerprint density at radius 1 is 1.20 bits per heavy atom. The lowest BCUT2D eigenvalue weighted by atomic mass is 10.2. The number of hydrogen-bond donors (Lipinski definition) is 1. The highest BCUT2D eigenvalue weighted by molar-refractivity contribution is 6.33. The lowest BCUT2D eigenvalue weighted by molar-refractivity contribution is 0.352. The van der Waals surface area contributed by atoms with Gasteiger partial charge in [-0.1, -0.05) is 17.7 Å². The zero-order chi connectivity index (χ0) is 17.2. The molecule has 1 aliphatic heterocycles. The first kappa shape index (κ1) is 16.4. The molecule has 2 heterocycles. The van der Waals surface area contributed by atoms with Crippen molar-refractivity contribution in [2.24, 2.45) is 0 Å². The molecular weight excluding hydrogens is 341 g/mol. The van der Waals surface area contributed by atoms with Crippen LogP contribution in [0.5, 0.6) is 0 Å². The van der Waals surface area contributed by atoms with Crippen LogP contribution in [0.15, 0.2) is 40.8 Å². The lowest BCUT2D eigenvalue weighted by Gasteiger charge is -2.15. The van der Waals surface area contributed by atoms with E-state index in [2.05, 4.69) is 15.2 Å². The second-order valence-electron chi connectivity index (χ2n) is 6.27. The Kier molecular flexibility index (Phi) is 4.59. The molecule has 0 radical (unpaired) electrons. The highest BCUT2D eigenvalue weighted by atomic mass is 35.5. The van der Waals surface area contributed by atoms with E-state index >= 15 is 0 Å². The predicted molar refractivity (Wildman–Crippen MR) is 98.6 cm³/mol. The number of oxazole rings is 1. The number of rotatable bonds is 5. The standard InChI is InChI=1S/C19H19ClFN3O/c20-14-4-3-5-15(21)18(14)19-23-16-7-6-13(12-17(16)25-19)22-8-11-24-9-1-2-10-24/h3-7,12,22H,1-2,8-11H2. The van der Waals surface area contributed by atoms with Crippen molar-refractivity contribution in [2.75, 3.05) is 31.5 Å². The molecule has 0 aliphatic carbocycles. The van der Waals surface area contributed by atoms with Crippen molar-refractivity contribution in [3.63, 3.8) is 0 Å². The number of anilines is 1. The maximum atomic E-state index is 14.1. The van der Waals surface area contributed by atoms with Gasteiger partial charge in [-0.15, -0.1) is 0 Å². The van der Waals surface area contributed by atoms with Crippen molar-refractivity contribution >= 4 is 28.4 Å². The molecule has 25 heavy (non-hydrogen) atoms. The summed E-state index contributed by atoms with van der Waals surface area (Å²) in [6, 6.07) is 10.3. The summed E-state index contributed by atoms with van der Waals surface area (Å²) in [5.74, 6) is -0.240. The molecule has 0 atom stereocenters. The summed E-state index contributed by atoms with van der Waals surface area (Å²) in [6.45, 7) is 4.29. The topological polar surface area (TPSA) is 41.3 Å². The van der Waals surface area contributed by atoms with E-state index in [-0.39, 0.29) is 16.5 Å². The van der Waals surface area contributed by atoms with E-state index in [0.717, 1.165) is 18.8 Å². The van der Waals surface area contributed by atoms with Crippen LogP contribution in [-0.4, -0.2) is 36.1 Å². The van der Waals surface area contributed by atoms with E-state index in [9.17, 15) is 4.39 Å². The van der Waals surface area contributed by atoms with Crippen LogP contribution >= 0.6 is 11.6 Å². The van der Waals surface area contributed by atoms with Crippen molar-refractivity contribution in [1.29, 1.82) is 0 Å². The second kappa shape index (κ2) is 7.02. The van der Waals surface area contributed by atoms with E-state index in [1.165, 1.54) is 32.0 Å². The number of nitrogens with one attached hydrogen (secondary N) is 1. The molecular formula is C19H19ClFN3O. The van der Waals surface area contributed by atoms with Crippen LogP contribution in [0.25, 0.3) is 22.6 Å². The number of halogens is 2. The number of benzene rings is 2. The number of nitrogens with zero attached hydrogens (tertiary/aromatic N) is 2. The lowest BCUT2D eigenvalue weighted by Crippen LogP contribution is -2.25. The summed E-state index contributed by atoms with van der Waals surface area (Å²) in [6.07, 6.45) is 2.59. The Balaban J connectivity index is 1.53. The third-order valence-corrected chi connectivity index (χ3v) is 4.84. The predicted octanol–water partition coefficient (Wildman–Crippen LogP) is 4.80. The minimum Gasteiger partial charge on any atom is -0.436 e. The molecule has 0 spiro atoms. The molecule has 2 aromatic carbocycles. The molecule has 0 unspecified atom stereocenters. The molecule has 4 nitrogen and oxygen atoms in total. The molecule has 1 aliphatic rings. The van der Waals surface area contributed by atoms with Crippen LogP contribution in [-0.2, 0) is 0 Å². The maximum absolute atomic E-state index is 14.1. The Morgan fingerprint density at radius 2 is 2.04 bits per heavy atom. The minimum atomic E-state index is -0.442. The van der Waals surface area contributed by atoms with Gasteiger partial charge in [0.25, 0.3) is 0 Å². The van der Waals surface area contributed by atoms with Crippen molar-refractivity contribution in [3.05, 3.63) is 47.2 Å². The van der Waals surface area contributed by atoms with E-state index in [4.69, 9.17) is 16.0 Å². The number of hydrogen-bond acceptors (Lipinski definition) is 4. The Hall–Kier alpha value is -2.11. The highest BCUT2D eigenvalue weighted by Gasteiger charge is 2.16. The first-order valence-electron chi connectivity index (χ1n) is 8.52. The second-order valence-corrected chi connectivity index (χ2v) is 6.68. The number of aromatic nitrogens is 1. The van der Waals surface area contributed by atoms with Crippen molar-refractivity contribution in [3.8, 4) is 11.5 Å². The van der Waals surface area contributed by atoms with Gasteiger partial charge < -0.3 is 14.6 Å². The molecule has 1 aromatic heterocycles. The zero-order valence-electron chi connectivity index (χ0n) is 13.8. The average Bonchev–Trinajstić information content (AvgIpc) is 3.23. The maximum Gasteiger partial charge on any atom is 0.231 e. The summed E-state index contributed by atoms with van der Waals surface area (Å²) in [5.41, 5.74) is 2.46. The number of fused-ring (bicyclic) bond motifs is 1.